The van der Waals surface area contributed by atoms with Crippen LogP contribution in [0.1, 0.15) is 40.7 Å². The Morgan fingerprint density at radius 3 is 2.26 bits per heavy atom. The second-order valence-corrected chi connectivity index (χ2v) is 9.96. The van der Waals surface area contributed by atoms with E-state index in [1.54, 1.807) is 36.7 Å². The van der Waals surface area contributed by atoms with Gasteiger partial charge in [0.2, 0.25) is 5.91 Å². The maximum atomic E-state index is 14.0. The van der Waals surface area contributed by atoms with E-state index < -0.39 is 11.9 Å². The predicted octanol–water partition coefficient (Wildman–Crippen LogP) is 7.37. The molecule has 3 aromatic carbocycles. The molecule has 7 heteroatoms. The van der Waals surface area contributed by atoms with Gasteiger partial charge in [0.05, 0.1) is 12.3 Å². The first kappa shape index (κ1) is 26.1. The second kappa shape index (κ2) is 11.9. The molecule has 0 unspecified atom stereocenters. The molecule has 0 aliphatic heterocycles. The zero-order valence-corrected chi connectivity index (χ0v) is 22.8. The highest BCUT2D eigenvalue weighted by atomic mass is 79.9. The van der Waals surface area contributed by atoms with Crippen LogP contribution >= 0.6 is 15.9 Å². The van der Waals surface area contributed by atoms with Crippen molar-refractivity contribution in [1.29, 1.82) is 0 Å². The van der Waals surface area contributed by atoms with Gasteiger partial charge in [0.1, 0.15) is 6.04 Å². The third-order valence-electron chi connectivity index (χ3n) is 6.42. The van der Waals surface area contributed by atoms with Gasteiger partial charge in [0.25, 0.3) is 5.91 Å². The fraction of sp³-hybridized carbons (Fsp3) is 0.0938. The van der Waals surface area contributed by atoms with Gasteiger partial charge in [-0.05, 0) is 66.1 Å². The standard InChI is InChI=1S/C32H26BrN3O3/c1-22(25-10-5-12-27(33)20-25)35-31(37)30(26-11-6-18-34-21-26)36(32(38)29-13-7-19-39-29)28-16-14-24(15-17-28)23-8-3-2-4-9-23/h2-22,30H,1H3,(H,35,37)/t22-,30-/m1/s1. The number of halogens is 1. The zero-order valence-electron chi connectivity index (χ0n) is 21.2. The van der Waals surface area contributed by atoms with Crippen molar-refractivity contribution in [3.63, 3.8) is 0 Å². The largest absolute Gasteiger partial charge is 0.459 e. The van der Waals surface area contributed by atoms with Crippen LogP contribution in [0.3, 0.4) is 0 Å². The monoisotopic (exact) mass is 579 g/mol. The number of carbonyl (C=O) groups excluding carboxylic acids is 2. The molecule has 0 saturated carbocycles. The highest BCUT2D eigenvalue weighted by molar-refractivity contribution is 9.10. The van der Waals surface area contributed by atoms with E-state index in [4.69, 9.17) is 4.42 Å². The van der Waals surface area contributed by atoms with Crippen molar-refractivity contribution in [2.75, 3.05) is 4.90 Å². The van der Waals surface area contributed by atoms with Crippen molar-refractivity contribution < 1.29 is 14.0 Å². The molecule has 6 nitrogen and oxygen atoms in total. The maximum Gasteiger partial charge on any atom is 0.294 e. The highest BCUT2D eigenvalue weighted by Gasteiger charge is 2.35. The number of furan rings is 1. The van der Waals surface area contributed by atoms with Crippen LogP contribution in [-0.2, 0) is 4.79 Å². The van der Waals surface area contributed by atoms with Gasteiger partial charge in [0.15, 0.2) is 5.76 Å². The van der Waals surface area contributed by atoms with Crippen LogP contribution < -0.4 is 10.2 Å². The molecule has 0 aliphatic rings. The minimum Gasteiger partial charge on any atom is -0.459 e. The number of carbonyl (C=O) groups is 2. The summed E-state index contributed by atoms with van der Waals surface area (Å²) >= 11 is 3.50. The molecule has 2 atom stereocenters. The molecule has 5 aromatic rings. The molecule has 2 aromatic heterocycles. The van der Waals surface area contributed by atoms with Crippen LogP contribution in [0.25, 0.3) is 11.1 Å². The number of hydrogen-bond donors (Lipinski definition) is 1. The molecule has 0 bridgehead atoms. The smallest absolute Gasteiger partial charge is 0.294 e. The second-order valence-electron chi connectivity index (χ2n) is 9.04. The van der Waals surface area contributed by atoms with Gasteiger partial charge in [-0.3, -0.25) is 19.5 Å². The molecule has 0 fully saturated rings. The SMILES string of the molecule is C[C@@H](NC(=O)[C@@H](c1cccnc1)N(C(=O)c1ccco1)c1ccc(-c2ccccc2)cc1)c1cccc(Br)c1. The van der Waals surface area contributed by atoms with Crippen molar-refractivity contribution in [2.45, 2.75) is 19.0 Å². The van der Waals surface area contributed by atoms with Crippen LogP contribution in [0.2, 0.25) is 0 Å². The third kappa shape index (κ3) is 5.99. The average Bonchev–Trinajstić information content (AvgIpc) is 3.52. The number of anilines is 1. The lowest BCUT2D eigenvalue weighted by Gasteiger charge is -2.31. The molecule has 0 spiro atoms. The lowest BCUT2D eigenvalue weighted by atomic mass is 10.0. The Morgan fingerprint density at radius 2 is 1.59 bits per heavy atom. The summed E-state index contributed by atoms with van der Waals surface area (Å²) in [6, 6.07) is 30.8. The summed E-state index contributed by atoms with van der Waals surface area (Å²) in [4.78, 5) is 33.6. The Kier molecular flexibility index (Phi) is 7.99. The van der Waals surface area contributed by atoms with Crippen LogP contribution in [0.5, 0.6) is 0 Å². The van der Waals surface area contributed by atoms with Gasteiger partial charge >= 0.3 is 0 Å². The molecular formula is C32H26BrN3O3. The first-order chi connectivity index (χ1) is 19.0. The summed E-state index contributed by atoms with van der Waals surface area (Å²) in [7, 11) is 0. The van der Waals surface area contributed by atoms with Crippen LogP contribution in [-0.4, -0.2) is 16.8 Å². The molecule has 0 radical (unpaired) electrons. The summed E-state index contributed by atoms with van der Waals surface area (Å²) in [5, 5.41) is 3.10. The molecule has 2 heterocycles. The maximum absolute atomic E-state index is 14.0. The van der Waals surface area contributed by atoms with Crippen LogP contribution in [0, 0.1) is 0 Å². The van der Waals surface area contributed by atoms with E-state index in [0.717, 1.165) is 21.2 Å². The quantitative estimate of drug-likeness (QED) is 0.208. The Bertz CT molecular complexity index is 1540. The van der Waals surface area contributed by atoms with Gasteiger partial charge in [-0.2, -0.15) is 0 Å². The molecular weight excluding hydrogens is 554 g/mol. The third-order valence-corrected chi connectivity index (χ3v) is 6.91. The molecule has 5 rings (SSSR count). The molecule has 2 amide bonds. The first-order valence-electron chi connectivity index (χ1n) is 12.5. The number of hydrogen-bond acceptors (Lipinski definition) is 4. The fourth-order valence-corrected chi connectivity index (χ4v) is 4.87. The highest BCUT2D eigenvalue weighted by Crippen LogP contribution is 2.32. The van der Waals surface area contributed by atoms with Gasteiger partial charge in [-0.1, -0.05) is 76.6 Å². The number of pyridine rings is 1. The Labute approximate surface area is 235 Å². The summed E-state index contributed by atoms with van der Waals surface area (Å²) in [5.74, 6) is -0.655. The number of rotatable bonds is 8. The minimum absolute atomic E-state index is 0.129. The van der Waals surface area contributed by atoms with Crippen LogP contribution in [0.4, 0.5) is 5.69 Å². The number of nitrogens with one attached hydrogen (secondary N) is 1. The molecule has 0 saturated heterocycles. The Balaban J connectivity index is 1.56. The number of aromatic nitrogens is 1. The first-order valence-corrected chi connectivity index (χ1v) is 13.3. The number of nitrogens with zero attached hydrogens (tertiary/aromatic N) is 2. The normalized spacial score (nSPS) is 12.4. The summed E-state index contributed by atoms with van der Waals surface area (Å²) in [6.07, 6.45) is 4.68. The van der Waals surface area contributed by atoms with E-state index >= 15 is 0 Å². The van der Waals surface area contributed by atoms with E-state index in [0.29, 0.717) is 11.3 Å². The van der Waals surface area contributed by atoms with E-state index in [-0.39, 0.29) is 17.7 Å². The Hall–Kier alpha value is -4.49. The zero-order chi connectivity index (χ0) is 27.2. The molecule has 39 heavy (non-hydrogen) atoms. The lowest BCUT2D eigenvalue weighted by Crippen LogP contribution is -2.44. The molecule has 1 N–H and O–H groups in total. The number of benzene rings is 3. The van der Waals surface area contributed by atoms with Crippen molar-refractivity contribution in [2.24, 2.45) is 0 Å². The number of amides is 2. The predicted molar refractivity (Wildman–Crippen MR) is 155 cm³/mol. The van der Waals surface area contributed by atoms with Gasteiger partial charge in [0, 0.05) is 28.1 Å². The molecule has 0 aliphatic carbocycles. The average molecular weight is 580 g/mol. The van der Waals surface area contributed by atoms with Crippen LogP contribution in [0.15, 0.2) is 131 Å². The topological polar surface area (TPSA) is 75.4 Å². The summed E-state index contributed by atoms with van der Waals surface area (Å²) in [6.45, 7) is 1.91. The van der Waals surface area contributed by atoms with E-state index in [1.807, 2.05) is 85.8 Å². The van der Waals surface area contributed by atoms with Crippen molar-refractivity contribution in [1.82, 2.24) is 10.3 Å². The summed E-state index contributed by atoms with van der Waals surface area (Å²) in [5.41, 5.74) is 4.10. The van der Waals surface area contributed by atoms with Crippen molar-refractivity contribution >= 4 is 33.4 Å². The van der Waals surface area contributed by atoms with Crippen molar-refractivity contribution in [3.8, 4) is 11.1 Å². The van der Waals surface area contributed by atoms with E-state index in [1.165, 1.54) is 11.2 Å². The van der Waals surface area contributed by atoms with Gasteiger partial charge in [-0.25, -0.2) is 0 Å². The molecule has 194 valence electrons. The van der Waals surface area contributed by atoms with E-state index in [9.17, 15) is 9.59 Å². The fourth-order valence-electron chi connectivity index (χ4n) is 4.45. The van der Waals surface area contributed by atoms with E-state index in [2.05, 4.69) is 26.2 Å². The van der Waals surface area contributed by atoms with Gasteiger partial charge in [-0.15, -0.1) is 0 Å². The van der Waals surface area contributed by atoms with Crippen molar-refractivity contribution in [3.05, 3.63) is 143 Å². The Morgan fingerprint density at radius 1 is 0.846 bits per heavy atom. The minimum atomic E-state index is -1.01. The summed E-state index contributed by atoms with van der Waals surface area (Å²) < 4.78 is 6.39. The lowest BCUT2D eigenvalue weighted by molar-refractivity contribution is -0.123. The van der Waals surface area contributed by atoms with Gasteiger partial charge < -0.3 is 9.73 Å².